The summed E-state index contributed by atoms with van der Waals surface area (Å²) in [4.78, 5) is 0. The first kappa shape index (κ1) is 8.04. The van der Waals surface area contributed by atoms with Crippen LogP contribution in [0.15, 0.2) is 12.2 Å². The Bertz CT molecular complexity index is 238. The van der Waals surface area contributed by atoms with Gasteiger partial charge in [-0.3, -0.25) is 0 Å². The van der Waals surface area contributed by atoms with Crippen molar-refractivity contribution in [3.63, 3.8) is 0 Å². The largest absolute Gasteiger partial charge is 0.228 e. The molecule has 1 saturated heterocycles. The lowest BCUT2D eigenvalue weighted by atomic mass is 10.2. The highest BCUT2D eigenvalue weighted by Gasteiger charge is 2.28. The molecular weight excluding hydrogens is 174 g/mol. The Morgan fingerprint density at radius 3 is 2.40 bits per heavy atom. The molecule has 1 fully saturated rings. The molecule has 0 amide bonds. The molecule has 0 aromatic heterocycles. The number of sulfonamides is 1. The predicted octanol–water partition coefficient (Wildman–Crippen LogP) is 0.384. The molecule has 0 aliphatic carbocycles. The van der Waals surface area contributed by atoms with Crippen LogP contribution < -0.4 is 0 Å². The van der Waals surface area contributed by atoms with Crippen molar-refractivity contribution in [3.05, 3.63) is 12.2 Å². The molecule has 5 heteroatoms. The van der Waals surface area contributed by atoms with Gasteiger partial charge in [0.05, 0.1) is 0 Å². The van der Waals surface area contributed by atoms with Gasteiger partial charge in [-0.05, 0) is 5.57 Å². The van der Waals surface area contributed by atoms with E-state index in [1.165, 1.54) is 4.31 Å². The van der Waals surface area contributed by atoms with E-state index in [1.807, 2.05) is 0 Å². The molecule has 10 heavy (non-hydrogen) atoms. The van der Waals surface area contributed by atoms with E-state index in [2.05, 4.69) is 6.58 Å². The molecule has 1 aliphatic heterocycles. The van der Waals surface area contributed by atoms with E-state index < -0.39 is 10.0 Å². The smallest absolute Gasteiger partial charge is 0.211 e. The van der Waals surface area contributed by atoms with Gasteiger partial charge in [-0.15, -0.1) is 11.6 Å². The SMILES string of the molecule is C=C1CN(S(=O)(=O)CCl)C1. The summed E-state index contributed by atoms with van der Waals surface area (Å²) in [6.07, 6.45) is 0. The van der Waals surface area contributed by atoms with Gasteiger partial charge in [0.25, 0.3) is 0 Å². The molecule has 0 radical (unpaired) electrons. The minimum atomic E-state index is -3.16. The summed E-state index contributed by atoms with van der Waals surface area (Å²) in [5.41, 5.74) is 0.939. The topological polar surface area (TPSA) is 37.4 Å². The Morgan fingerprint density at radius 2 is 2.10 bits per heavy atom. The molecular formula is C5H8ClNO2S. The minimum absolute atomic E-state index is 0.333. The Kier molecular flexibility index (Phi) is 2.03. The number of hydrogen-bond donors (Lipinski definition) is 0. The van der Waals surface area contributed by atoms with Gasteiger partial charge in [0.2, 0.25) is 10.0 Å². The second-order valence-corrected chi connectivity index (χ2v) is 4.79. The Morgan fingerprint density at radius 1 is 1.60 bits per heavy atom. The second-order valence-electron chi connectivity index (χ2n) is 2.24. The third-order valence-corrected chi connectivity index (χ3v) is 3.48. The fourth-order valence-electron chi connectivity index (χ4n) is 0.718. The van der Waals surface area contributed by atoms with Crippen molar-refractivity contribution in [2.24, 2.45) is 0 Å². The molecule has 1 aliphatic rings. The van der Waals surface area contributed by atoms with Crippen LogP contribution in [0.5, 0.6) is 0 Å². The molecule has 1 heterocycles. The van der Waals surface area contributed by atoms with Crippen molar-refractivity contribution in [3.8, 4) is 0 Å². The van der Waals surface area contributed by atoms with Crippen molar-refractivity contribution in [1.82, 2.24) is 4.31 Å². The lowest BCUT2D eigenvalue weighted by Crippen LogP contribution is -2.44. The van der Waals surface area contributed by atoms with E-state index in [9.17, 15) is 8.42 Å². The van der Waals surface area contributed by atoms with Gasteiger partial charge in [-0.1, -0.05) is 6.58 Å². The van der Waals surface area contributed by atoms with Crippen molar-refractivity contribution in [2.75, 3.05) is 18.3 Å². The van der Waals surface area contributed by atoms with Gasteiger partial charge in [0.15, 0.2) is 0 Å². The molecule has 0 spiro atoms. The quantitative estimate of drug-likeness (QED) is 0.457. The zero-order valence-electron chi connectivity index (χ0n) is 5.38. The van der Waals surface area contributed by atoms with E-state index in [0.717, 1.165) is 5.57 Å². The molecule has 0 aromatic carbocycles. The number of alkyl halides is 1. The first-order valence-electron chi connectivity index (χ1n) is 2.76. The number of nitrogens with zero attached hydrogens (tertiary/aromatic N) is 1. The molecule has 0 aromatic rings. The zero-order valence-corrected chi connectivity index (χ0v) is 6.95. The molecule has 3 nitrogen and oxygen atoms in total. The van der Waals surface area contributed by atoms with Gasteiger partial charge < -0.3 is 0 Å². The standard InChI is InChI=1S/C5H8ClNO2S/c1-5-2-7(3-5)10(8,9)4-6/h1-4H2. The van der Waals surface area contributed by atoms with E-state index in [0.29, 0.717) is 13.1 Å². The third-order valence-electron chi connectivity index (χ3n) is 1.33. The van der Waals surface area contributed by atoms with Crippen molar-refractivity contribution >= 4 is 21.6 Å². The van der Waals surface area contributed by atoms with E-state index >= 15 is 0 Å². The maximum absolute atomic E-state index is 10.9. The molecule has 0 N–H and O–H groups in total. The van der Waals surface area contributed by atoms with Crippen LogP contribution in [-0.4, -0.2) is 31.0 Å². The van der Waals surface area contributed by atoms with Crippen LogP contribution >= 0.6 is 11.6 Å². The van der Waals surface area contributed by atoms with Crippen molar-refractivity contribution in [1.29, 1.82) is 0 Å². The Hall–Kier alpha value is -0.0600. The van der Waals surface area contributed by atoms with Crippen LogP contribution in [0, 0.1) is 0 Å². The summed E-state index contributed by atoms with van der Waals surface area (Å²) in [6, 6.07) is 0. The van der Waals surface area contributed by atoms with Crippen LogP contribution in [0.3, 0.4) is 0 Å². The van der Waals surface area contributed by atoms with Gasteiger partial charge in [0.1, 0.15) is 5.21 Å². The number of halogens is 1. The maximum atomic E-state index is 10.9. The van der Waals surface area contributed by atoms with Crippen LogP contribution in [0.2, 0.25) is 0 Å². The highest BCUT2D eigenvalue weighted by molar-refractivity contribution is 7.90. The molecule has 1 rings (SSSR count). The maximum Gasteiger partial charge on any atom is 0.228 e. The number of hydrogen-bond acceptors (Lipinski definition) is 2. The molecule has 58 valence electrons. The monoisotopic (exact) mass is 181 g/mol. The summed E-state index contributed by atoms with van der Waals surface area (Å²) >= 11 is 5.19. The van der Waals surface area contributed by atoms with Gasteiger partial charge in [0, 0.05) is 13.1 Å². The average molecular weight is 182 g/mol. The Balaban J connectivity index is 2.61. The molecule has 0 atom stereocenters. The lowest BCUT2D eigenvalue weighted by molar-refractivity contribution is 0.395. The molecule has 0 bridgehead atoms. The minimum Gasteiger partial charge on any atom is -0.211 e. The van der Waals surface area contributed by atoms with Gasteiger partial charge in [-0.2, -0.15) is 4.31 Å². The summed E-state index contributed by atoms with van der Waals surface area (Å²) in [6.45, 7) is 4.49. The first-order chi connectivity index (χ1) is 4.56. The van der Waals surface area contributed by atoms with Crippen molar-refractivity contribution < 1.29 is 8.42 Å². The highest BCUT2D eigenvalue weighted by Crippen LogP contribution is 2.17. The van der Waals surface area contributed by atoms with E-state index in [-0.39, 0.29) is 5.21 Å². The van der Waals surface area contributed by atoms with Crippen LogP contribution in [0.25, 0.3) is 0 Å². The average Bonchev–Trinajstić information content (AvgIpc) is 1.81. The summed E-state index contributed by atoms with van der Waals surface area (Å²) in [5.74, 6) is 0. The second kappa shape index (κ2) is 2.53. The van der Waals surface area contributed by atoms with Gasteiger partial charge >= 0.3 is 0 Å². The van der Waals surface area contributed by atoms with Crippen LogP contribution in [-0.2, 0) is 10.0 Å². The predicted molar refractivity (Wildman–Crippen MR) is 40.4 cm³/mol. The van der Waals surface area contributed by atoms with E-state index in [4.69, 9.17) is 11.6 Å². The lowest BCUT2D eigenvalue weighted by Gasteiger charge is -2.31. The fraction of sp³-hybridized carbons (Fsp3) is 0.600. The summed E-state index contributed by atoms with van der Waals surface area (Å²) in [7, 11) is -3.16. The van der Waals surface area contributed by atoms with Crippen LogP contribution in [0.1, 0.15) is 0 Å². The van der Waals surface area contributed by atoms with E-state index in [1.54, 1.807) is 0 Å². The zero-order chi connectivity index (χ0) is 7.78. The molecule has 0 unspecified atom stereocenters. The molecule has 0 saturated carbocycles. The number of rotatable bonds is 2. The van der Waals surface area contributed by atoms with Crippen molar-refractivity contribution in [2.45, 2.75) is 0 Å². The van der Waals surface area contributed by atoms with Crippen LogP contribution in [0.4, 0.5) is 0 Å². The Labute approximate surface area is 65.3 Å². The first-order valence-corrected chi connectivity index (χ1v) is 4.91. The summed E-state index contributed by atoms with van der Waals surface area (Å²) in [5, 5.41) is -0.333. The fourth-order valence-corrected chi connectivity index (χ4v) is 2.03. The normalized spacial score (nSPS) is 20.7. The van der Waals surface area contributed by atoms with Gasteiger partial charge in [-0.25, -0.2) is 8.42 Å². The third kappa shape index (κ3) is 1.33. The highest BCUT2D eigenvalue weighted by atomic mass is 35.5. The summed E-state index contributed by atoms with van der Waals surface area (Å²) < 4.78 is 23.1.